The van der Waals surface area contributed by atoms with Gasteiger partial charge in [-0.15, -0.1) is 0 Å². The van der Waals surface area contributed by atoms with Gasteiger partial charge in [0.05, 0.1) is 17.5 Å². The fourth-order valence-electron chi connectivity index (χ4n) is 1.42. The third-order valence-corrected chi connectivity index (χ3v) is 2.14. The van der Waals surface area contributed by atoms with Crippen LogP contribution in [0.2, 0.25) is 0 Å². The largest absolute Gasteiger partial charge is 0.472 e. The Morgan fingerprint density at radius 2 is 2.19 bits per heavy atom. The Hall–Kier alpha value is -2.37. The van der Waals surface area contributed by atoms with Crippen molar-refractivity contribution in [3.8, 4) is 11.4 Å². The van der Waals surface area contributed by atoms with E-state index in [1.165, 1.54) is 12.5 Å². The van der Waals surface area contributed by atoms with Gasteiger partial charge in [-0.05, 0) is 13.0 Å². The lowest BCUT2D eigenvalue weighted by Crippen LogP contribution is -2.17. The number of furan rings is 1. The van der Waals surface area contributed by atoms with Crippen molar-refractivity contribution in [2.75, 3.05) is 5.73 Å². The van der Waals surface area contributed by atoms with E-state index in [0.717, 1.165) is 0 Å². The van der Waals surface area contributed by atoms with E-state index in [1.807, 2.05) is 0 Å². The minimum absolute atomic E-state index is 0.0798. The van der Waals surface area contributed by atoms with Gasteiger partial charge in [-0.3, -0.25) is 4.79 Å². The lowest BCUT2D eigenvalue weighted by molar-refractivity contribution is 0.1000. The molecule has 0 aromatic carbocycles. The maximum absolute atomic E-state index is 11.1. The second kappa shape index (κ2) is 3.65. The molecule has 0 saturated carbocycles. The van der Waals surface area contributed by atoms with Crippen LogP contribution in [-0.2, 0) is 0 Å². The Bertz CT molecular complexity index is 511. The number of nitrogen functional groups attached to an aromatic ring is 1. The fraction of sp³-hybridized carbons (Fsp3) is 0.100. The summed E-state index contributed by atoms with van der Waals surface area (Å²) in [6.45, 7) is 1.65. The van der Waals surface area contributed by atoms with Crippen LogP contribution in [0.1, 0.15) is 16.1 Å². The van der Waals surface area contributed by atoms with Gasteiger partial charge in [0.2, 0.25) is 0 Å². The zero-order valence-electron chi connectivity index (χ0n) is 8.60. The molecule has 0 atom stereocenters. The Morgan fingerprint density at radius 3 is 2.69 bits per heavy atom. The molecule has 2 aromatic rings. The topological polar surface area (TPSA) is 108 Å². The summed E-state index contributed by atoms with van der Waals surface area (Å²) in [5.41, 5.74) is 12.1. The number of carbonyl (C=O) groups is 1. The molecule has 1 amide bonds. The van der Waals surface area contributed by atoms with E-state index >= 15 is 0 Å². The smallest absolute Gasteiger partial charge is 0.254 e. The van der Waals surface area contributed by atoms with Crippen LogP contribution in [0.3, 0.4) is 0 Å². The fourth-order valence-corrected chi connectivity index (χ4v) is 1.42. The molecule has 0 radical (unpaired) electrons. The van der Waals surface area contributed by atoms with Gasteiger partial charge in [-0.1, -0.05) is 0 Å². The molecular formula is C10H10N4O2. The predicted molar refractivity (Wildman–Crippen MR) is 57.4 cm³/mol. The first-order valence-corrected chi connectivity index (χ1v) is 4.56. The van der Waals surface area contributed by atoms with Crippen LogP contribution in [0.15, 0.2) is 23.0 Å². The molecular weight excluding hydrogens is 208 g/mol. The second-order valence-electron chi connectivity index (χ2n) is 3.27. The molecule has 0 aliphatic heterocycles. The molecule has 16 heavy (non-hydrogen) atoms. The first kappa shape index (κ1) is 10.2. The molecule has 6 heteroatoms. The van der Waals surface area contributed by atoms with Crippen LogP contribution >= 0.6 is 0 Å². The summed E-state index contributed by atoms with van der Waals surface area (Å²) in [7, 11) is 0. The number of anilines is 1. The molecule has 0 saturated heterocycles. The number of rotatable bonds is 2. The number of aromatic nitrogens is 2. The molecule has 0 aliphatic rings. The first-order chi connectivity index (χ1) is 7.59. The Labute approximate surface area is 91.3 Å². The molecule has 2 heterocycles. The number of primary amides is 1. The van der Waals surface area contributed by atoms with Crippen molar-refractivity contribution in [3.63, 3.8) is 0 Å². The van der Waals surface area contributed by atoms with E-state index in [4.69, 9.17) is 15.9 Å². The van der Waals surface area contributed by atoms with Crippen molar-refractivity contribution in [1.82, 2.24) is 9.97 Å². The average molecular weight is 218 g/mol. The van der Waals surface area contributed by atoms with Gasteiger partial charge >= 0.3 is 0 Å². The highest BCUT2D eigenvalue weighted by molar-refractivity contribution is 5.98. The van der Waals surface area contributed by atoms with Gasteiger partial charge in [0, 0.05) is 0 Å². The standard InChI is InChI=1S/C10H10N4O2/c1-5-7(9(12)15)8(11)14-10(13-5)6-2-3-16-4-6/h2-4H,1H3,(H2,12,15)(H2,11,13,14). The van der Waals surface area contributed by atoms with Crippen LogP contribution in [0, 0.1) is 6.92 Å². The van der Waals surface area contributed by atoms with Crippen molar-refractivity contribution in [1.29, 1.82) is 0 Å². The highest BCUT2D eigenvalue weighted by atomic mass is 16.3. The van der Waals surface area contributed by atoms with Gasteiger partial charge in [0.1, 0.15) is 17.6 Å². The lowest BCUT2D eigenvalue weighted by atomic mass is 10.2. The number of nitrogens with two attached hydrogens (primary N) is 2. The van der Waals surface area contributed by atoms with Gasteiger partial charge in [0.15, 0.2) is 5.82 Å². The van der Waals surface area contributed by atoms with Crippen molar-refractivity contribution in [2.24, 2.45) is 5.73 Å². The Morgan fingerprint density at radius 1 is 1.44 bits per heavy atom. The molecule has 0 bridgehead atoms. The summed E-state index contributed by atoms with van der Waals surface area (Å²) in [4.78, 5) is 19.2. The third-order valence-electron chi connectivity index (χ3n) is 2.14. The van der Waals surface area contributed by atoms with Crippen LogP contribution in [-0.4, -0.2) is 15.9 Å². The number of nitrogens with zero attached hydrogens (tertiary/aromatic N) is 2. The minimum Gasteiger partial charge on any atom is -0.472 e. The van der Waals surface area contributed by atoms with Gasteiger partial charge in [-0.25, -0.2) is 9.97 Å². The van der Waals surface area contributed by atoms with E-state index < -0.39 is 5.91 Å². The molecule has 82 valence electrons. The number of hydrogen-bond donors (Lipinski definition) is 2. The molecule has 0 aliphatic carbocycles. The molecule has 0 fully saturated rings. The molecule has 6 nitrogen and oxygen atoms in total. The van der Waals surface area contributed by atoms with E-state index in [2.05, 4.69) is 9.97 Å². The molecule has 2 aromatic heterocycles. The highest BCUT2D eigenvalue weighted by Crippen LogP contribution is 2.20. The molecule has 0 spiro atoms. The highest BCUT2D eigenvalue weighted by Gasteiger charge is 2.15. The lowest BCUT2D eigenvalue weighted by Gasteiger charge is -2.06. The Balaban J connectivity index is 2.58. The summed E-state index contributed by atoms with van der Waals surface area (Å²) < 4.78 is 4.91. The van der Waals surface area contributed by atoms with Gasteiger partial charge in [-0.2, -0.15) is 0 Å². The maximum Gasteiger partial charge on any atom is 0.254 e. The second-order valence-corrected chi connectivity index (χ2v) is 3.27. The summed E-state index contributed by atoms with van der Waals surface area (Å²) in [5, 5.41) is 0. The van der Waals surface area contributed by atoms with E-state index in [-0.39, 0.29) is 11.4 Å². The summed E-state index contributed by atoms with van der Waals surface area (Å²) in [6.07, 6.45) is 3.00. The van der Waals surface area contributed by atoms with Crippen LogP contribution in [0.5, 0.6) is 0 Å². The van der Waals surface area contributed by atoms with Crippen molar-refractivity contribution >= 4 is 11.7 Å². The minimum atomic E-state index is -0.631. The van der Waals surface area contributed by atoms with Gasteiger partial charge < -0.3 is 15.9 Å². The Kier molecular flexibility index (Phi) is 2.32. The zero-order valence-corrected chi connectivity index (χ0v) is 8.60. The predicted octanol–water partition coefficient (Wildman–Crippen LogP) is 0.726. The zero-order chi connectivity index (χ0) is 11.7. The number of amides is 1. The quantitative estimate of drug-likeness (QED) is 0.772. The molecule has 4 N–H and O–H groups in total. The van der Waals surface area contributed by atoms with E-state index in [1.54, 1.807) is 13.0 Å². The molecule has 0 unspecified atom stereocenters. The van der Waals surface area contributed by atoms with Crippen LogP contribution < -0.4 is 11.5 Å². The van der Waals surface area contributed by atoms with E-state index in [0.29, 0.717) is 17.1 Å². The summed E-state index contributed by atoms with van der Waals surface area (Å²) >= 11 is 0. The number of hydrogen-bond acceptors (Lipinski definition) is 5. The first-order valence-electron chi connectivity index (χ1n) is 4.56. The number of aryl methyl sites for hydroxylation is 1. The van der Waals surface area contributed by atoms with Gasteiger partial charge in [0.25, 0.3) is 5.91 Å². The molecule has 2 rings (SSSR count). The van der Waals surface area contributed by atoms with Crippen molar-refractivity contribution < 1.29 is 9.21 Å². The van der Waals surface area contributed by atoms with E-state index in [9.17, 15) is 4.79 Å². The maximum atomic E-state index is 11.1. The average Bonchev–Trinajstić information content (AvgIpc) is 2.67. The van der Waals surface area contributed by atoms with Crippen molar-refractivity contribution in [3.05, 3.63) is 29.9 Å². The number of carbonyl (C=O) groups excluding carboxylic acids is 1. The van der Waals surface area contributed by atoms with Crippen molar-refractivity contribution in [2.45, 2.75) is 6.92 Å². The summed E-state index contributed by atoms with van der Waals surface area (Å²) in [6, 6.07) is 1.71. The monoisotopic (exact) mass is 218 g/mol. The normalized spacial score (nSPS) is 10.3. The SMILES string of the molecule is Cc1nc(-c2ccoc2)nc(N)c1C(N)=O. The third kappa shape index (κ3) is 1.60. The summed E-state index contributed by atoms with van der Waals surface area (Å²) in [5.74, 6) is -0.140. The van der Waals surface area contributed by atoms with Crippen LogP contribution in [0.25, 0.3) is 11.4 Å². The van der Waals surface area contributed by atoms with Crippen LogP contribution in [0.4, 0.5) is 5.82 Å².